The van der Waals surface area contributed by atoms with Crippen molar-refractivity contribution in [1.82, 2.24) is 4.57 Å². The summed E-state index contributed by atoms with van der Waals surface area (Å²) in [6, 6.07) is 87.8. The summed E-state index contributed by atoms with van der Waals surface area (Å²) in [7, 11) is 0. The first kappa shape index (κ1) is 35.2. The molecule has 0 aliphatic heterocycles. The van der Waals surface area contributed by atoms with Crippen LogP contribution < -0.4 is 4.90 Å². The summed E-state index contributed by atoms with van der Waals surface area (Å²) in [6.45, 7) is 0. The minimum atomic E-state index is 1.09. The lowest BCUT2D eigenvalue weighted by molar-refractivity contribution is 1.18. The van der Waals surface area contributed by atoms with Gasteiger partial charge in [0.15, 0.2) is 0 Å². The third kappa shape index (κ3) is 6.23. The topological polar surface area (TPSA) is 8.17 Å². The third-order valence-electron chi connectivity index (χ3n) is 11.8. The van der Waals surface area contributed by atoms with E-state index in [1.165, 1.54) is 77.1 Å². The molecule has 0 fully saturated rings. The minimum Gasteiger partial charge on any atom is -0.310 e. The molecule has 0 bridgehead atoms. The number of hydrogen-bond acceptors (Lipinski definition) is 1. The fraction of sp³-hybridized carbons (Fsp3) is 0. The lowest BCUT2D eigenvalue weighted by Crippen LogP contribution is -2.10. The molecule has 2 heteroatoms. The molecule has 2 nitrogen and oxygen atoms in total. The predicted molar refractivity (Wildman–Crippen MR) is 255 cm³/mol. The number of fused-ring (bicyclic) bond motifs is 4. The van der Waals surface area contributed by atoms with Gasteiger partial charge in [0.25, 0.3) is 0 Å². The second-order valence-corrected chi connectivity index (χ2v) is 15.3. The van der Waals surface area contributed by atoms with Crippen molar-refractivity contribution in [3.63, 3.8) is 0 Å². The Kier molecular flexibility index (Phi) is 8.87. The Labute approximate surface area is 350 Å². The second-order valence-electron chi connectivity index (χ2n) is 15.3. The van der Waals surface area contributed by atoms with E-state index in [1.807, 2.05) is 0 Å². The quantitative estimate of drug-likeness (QED) is 0.150. The number of benzene rings is 10. The van der Waals surface area contributed by atoms with Crippen LogP contribution in [0.2, 0.25) is 0 Å². The van der Waals surface area contributed by atoms with Crippen LogP contribution in [-0.4, -0.2) is 4.57 Å². The summed E-state index contributed by atoms with van der Waals surface area (Å²) >= 11 is 0. The zero-order valence-electron chi connectivity index (χ0n) is 33.0. The molecule has 60 heavy (non-hydrogen) atoms. The van der Waals surface area contributed by atoms with Crippen LogP contribution in [0.4, 0.5) is 17.1 Å². The average Bonchev–Trinajstić information content (AvgIpc) is 3.67. The summed E-state index contributed by atoms with van der Waals surface area (Å²) in [5.41, 5.74) is 16.5. The molecular weight excluding hydrogens is 725 g/mol. The standard InChI is InChI=1S/C58H40N2/c1-3-15-41(16-4-1)43-27-29-44(30-28-43)46-33-37-48(38-34-46)59(47-35-31-45(32-36-47)42-17-5-2-6-18-42)58-40-39-50(49-19-7-8-20-51(49)58)52-21-9-12-24-55(52)60-56-25-13-10-22-53(56)54-23-11-14-26-57(54)60/h1-40H. The van der Waals surface area contributed by atoms with Gasteiger partial charge in [0, 0.05) is 33.1 Å². The van der Waals surface area contributed by atoms with Crippen molar-refractivity contribution in [2.75, 3.05) is 4.90 Å². The van der Waals surface area contributed by atoms with Gasteiger partial charge < -0.3 is 9.47 Å². The molecule has 0 radical (unpaired) electrons. The predicted octanol–water partition coefficient (Wildman–Crippen LogP) is 16.1. The van der Waals surface area contributed by atoms with Gasteiger partial charge >= 0.3 is 0 Å². The fourth-order valence-corrected chi connectivity index (χ4v) is 8.94. The maximum Gasteiger partial charge on any atom is 0.0541 e. The molecule has 0 aliphatic rings. The molecule has 0 amide bonds. The molecule has 0 N–H and O–H groups in total. The van der Waals surface area contributed by atoms with Crippen LogP contribution in [0.25, 0.3) is 82.8 Å². The highest BCUT2D eigenvalue weighted by Crippen LogP contribution is 2.45. The Bertz CT molecular complexity index is 3220. The van der Waals surface area contributed by atoms with Gasteiger partial charge in [0.1, 0.15) is 0 Å². The van der Waals surface area contributed by atoms with Gasteiger partial charge in [0.2, 0.25) is 0 Å². The molecule has 0 saturated carbocycles. The van der Waals surface area contributed by atoms with E-state index >= 15 is 0 Å². The Morgan fingerprint density at radius 3 is 1.15 bits per heavy atom. The molecule has 0 spiro atoms. The van der Waals surface area contributed by atoms with E-state index in [2.05, 4.69) is 252 Å². The number of aromatic nitrogens is 1. The highest BCUT2D eigenvalue weighted by Gasteiger charge is 2.20. The van der Waals surface area contributed by atoms with E-state index in [9.17, 15) is 0 Å². The van der Waals surface area contributed by atoms with Crippen molar-refractivity contribution in [3.8, 4) is 50.2 Å². The van der Waals surface area contributed by atoms with Crippen molar-refractivity contribution >= 4 is 49.6 Å². The second kappa shape index (κ2) is 15.1. The normalized spacial score (nSPS) is 11.3. The maximum atomic E-state index is 2.43. The van der Waals surface area contributed by atoms with Crippen molar-refractivity contribution in [2.24, 2.45) is 0 Å². The molecule has 0 atom stereocenters. The van der Waals surface area contributed by atoms with Crippen molar-refractivity contribution in [1.29, 1.82) is 0 Å². The molecule has 0 saturated heterocycles. The Morgan fingerprint density at radius 1 is 0.250 bits per heavy atom. The lowest BCUT2D eigenvalue weighted by Gasteiger charge is -2.28. The smallest absolute Gasteiger partial charge is 0.0541 e. The van der Waals surface area contributed by atoms with E-state index in [-0.39, 0.29) is 0 Å². The van der Waals surface area contributed by atoms with Crippen LogP contribution in [0.1, 0.15) is 0 Å². The first-order valence-corrected chi connectivity index (χ1v) is 20.6. The number of para-hydroxylation sites is 3. The van der Waals surface area contributed by atoms with Gasteiger partial charge in [-0.2, -0.15) is 0 Å². The molecule has 11 aromatic rings. The fourth-order valence-electron chi connectivity index (χ4n) is 8.94. The SMILES string of the molecule is c1ccc(-c2ccc(-c3ccc(N(c4ccc(-c5ccccc5)cc4)c4ccc(-c5ccccc5-n5c6ccccc6c6ccccc65)c5ccccc45)cc3)cc2)cc1. The summed E-state index contributed by atoms with van der Waals surface area (Å²) in [6.07, 6.45) is 0. The zero-order valence-corrected chi connectivity index (χ0v) is 33.0. The van der Waals surface area contributed by atoms with Crippen molar-refractivity contribution in [2.45, 2.75) is 0 Å². The van der Waals surface area contributed by atoms with Crippen molar-refractivity contribution in [3.05, 3.63) is 243 Å². The Balaban J connectivity index is 1.05. The summed E-state index contributed by atoms with van der Waals surface area (Å²) in [5, 5.41) is 4.89. The third-order valence-corrected chi connectivity index (χ3v) is 11.8. The minimum absolute atomic E-state index is 1.09. The van der Waals surface area contributed by atoms with Gasteiger partial charge in [0.05, 0.1) is 22.4 Å². The molecule has 0 aliphatic carbocycles. The maximum absolute atomic E-state index is 2.43. The molecule has 1 aromatic heterocycles. The summed E-state index contributed by atoms with van der Waals surface area (Å²) < 4.78 is 2.43. The summed E-state index contributed by atoms with van der Waals surface area (Å²) in [5.74, 6) is 0. The van der Waals surface area contributed by atoms with E-state index in [1.54, 1.807) is 0 Å². The zero-order chi connectivity index (χ0) is 39.8. The Hall–Kier alpha value is -7.94. The average molecular weight is 765 g/mol. The monoisotopic (exact) mass is 764 g/mol. The van der Waals surface area contributed by atoms with Crippen LogP contribution in [0.15, 0.2) is 243 Å². The first-order chi connectivity index (χ1) is 29.8. The molecule has 0 unspecified atom stereocenters. The highest BCUT2D eigenvalue weighted by molar-refractivity contribution is 6.11. The van der Waals surface area contributed by atoms with E-state index in [0.717, 1.165) is 22.7 Å². The van der Waals surface area contributed by atoms with E-state index in [4.69, 9.17) is 0 Å². The first-order valence-electron chi connectivity index (χ1n) is 20.6. The van der Waals surface area contributed by atoms with E-state index < -0.39 is 0 Å². The number of nitrogens with zero attached hydrogens (tertiary/aromatic N) is 2. The van der Waals surface area contributed by atoms with Crippen LogP contribution in [-0.2, 0) is 0 Å². The van der Waals surface area contributed by atoms with Crippen LogP contribution in [0, 0.1) is 0 Å². The van der Waals surface area contributed by atoms with Crippen LogP contribution in [0.5, 0.6) is 0 Å². The van der Waals surface area contributed by atoms with Crippen LogP contribution in [0.3, 0.4) is 0 Å². The molecule has 1 heterocycles. The molecule has 282 valence electrons. The van der Waals surface area contributed by atoms with Gasteiger partial charge in [-0.15, -0.1) is 0 Å². The number of rotatable bonds is 8. The van der Waals surface area contributed by atoms with Crippen LogP contribution >= 0.6 is 0 Å². The summed E-state index contributed by atoms with van der Waals surface area (Å²) in [4.78, 5) is 2.40. The van der Waals surface area contributed by atoms with Crippen molar-refractivity contribution < 1.29 is 0 Å². The lowest BCUT2D eigenvalue weighted by atomic mass is 9.94. The highest BCUT2D eigenvalue weighted by atomic mass is 15.1. The number of hydrogen-bond donors (Lipinski definition) is 0. The van der Waals surface area contributed by atoms with E-state index in [0.29, 0.717) is 0 Å². The van der Waals surface area contributed by atoms with Gasteiger partial charge in [-0.25, -0.2) is 0 Å². The van der Waals surface area contributed by atoms with Gasteiger partial charge in [-0.1, -0.05) is 194 Å². The molecule has 10 aromatic carbocycles. The Morgan fingerprint density at radius 2 is 0.633 bits per heavy atom. The molecule has 11 rings (SSSR count). The largest absolute Gasteiger partial charge is 0.310 e. The molecular formula is C58H40N2. The van der Waals surface area contributed by atoms with Gasteiger partial charge in [-0.3, -0.25) is 0 Å². The number of anilines is 3. The van der Waals surface area contributed by atoms with Gasteiger partial charge in [-0.05, 0) is 92.9 Å².